The Morgan fingerprint density at radius 3 is 2.42 bits per heavy atom. The highest BCUT2D eigenvalue weighted by Crippen LogP contribution is 2.23. The van der Waals surface area contributed by atoms with Gasteiger partial charge in [0.15, 0.2) is 0 Å². The summed E-state index contributed by atoms with van der Waals surface area (Å²) in [5.41, 5.74) is 0.443. The molecular weight excluding hydrogens is 308 g/mol. The average Bonchev–Trinajstić information content (AvgIpc) is 2.49. The van der Waals surface area contributed by atoms with E-state index in [9.17, 15) is 4.79 Å². The molecule has 7 heteroatoms. The van der Waals surface area contributed by atoms with Gasteiger partial charge in [-0.1, -0.05) is 0 Å². The van der Waals surface area contributed by atoms with Gasteiger partial charge in [0, 0.05) is 23.8 Å². The number of aryl methyl sites for hydroxylation is 1. The molecule has 0 aromatic carbocycles. The molecule has 0 unspecified atom stereocenters. The molecule has 1 aliphatic rings. The molecule has 1 aliphatic carbocycles. The average molecular weight is 336 g/mol. The first-order chi connectivity index (χ1) is 11.3. The van der Waals surface area contributed by atoms with E-state index in [-0.39, 0.29) is 12.1 Å². The number of nitrogens with one attached hydrogen (secondary N) is 2. The summed E-state index contributed by atoms with van der Waals surface area (Å²) < 4.78 is 10.5. The fraction of sp³-hybridized carbons (Fsp3) is 0.706. The molecule has 2 N–H and O–H groups in total. The van der Waals surface area contributed by atoms with E-state index in [0.29, 0.717) is 17.9 Å². The minimum atomic E-state index is -0.468. The number of carbonyl (C=O) groups excluding carboxylic acids is 1. The molecule has 0 atom stereocenters. The van der Waals surface area contributed by atoms with Crippen molar-refractivity contribution in [3.63, 3.8) is 0 Å². The Kier molecular flexibility index (Phi) is 5.85. The first-order valence-corrected chi connectivity index (χ1v) is 8.40. The molecule has 7 nitrogen and oxygen atoms in total. The topological polar surface area (TPSA) is 85.4 Å². The molecule has 1 fully saturated rings. The Hall–Kier alpha value is -2.05. The predicted octanol–water partition coefficient (Wildman–Crippen LogP) is 3.04. The van der Waals surface area contributed by atoms with Gasteiger partial charge >= 0.3 is 6.09 Å². The molecule has 1 amide bonds. The Bertz CT molecular complexity index is 563. The van der Waals surface area contributed by atoms with Crippen molar-refractivity contribution in [2.75, 3.05) is 12.4 Å². The van der Waals surface area contributed by atoms with E-state index >= 15 is 0 Å². The third kappa shape index (κ3) is 5.54. The van der Waals surface area contributed by atoms with Gasteiger partial charge in [0.2, 0.25) is 11.8 Å². The number of hydrogen-bond acceptors (Lipinski definition) is 6. The van der Waals surface area contributed by atoms with Crippen LogP contribution in [0.15, 0.2) is 6.20 Å². The van der Waals surface area contributed by atoms with E-state index in [2.05, 4.69) is 20.6 Å². The summed E-state index contributed by atoms with van der Waals surface area (Å²) >= 11 is 0. The zero-order valence-corrected chi connectivity index (χ0v) is 15.2. The Morgan fingerprint density at radius 1 is 1.21 bits per heavy atom. The predicted molar refractivity (Wildman–Crippen MR) is 92.4 cm³/mol. The van der Waals surface area contributed by atoms with Crippen molar-refractivity contribution in [3.8, 4) is 5.88 Å². The van der Waals surface area contributed by atoms with Crippen LogP contribution in [0.25, 0.3) is 0 Å². The van der Waals surface area contributed by atoms with Crippen LogP contribution < -0.4 is 15.4 Å². The number of rotatable bonds is 4. The number of anilines is 1. The number of nitrogens with zero attached hydrogens (tertiary/aromatic N) is 2. The maximum absolute atomic E-state index is 11.8. The third-order valence-corrected chi connectivity index (χ3v) is 3.90. The molecule has 0 radical (unpaired) electrons. The first-order valence-electron chi connectivity index (χ1n) is 8.40. The molecule has 1 heterocycles. The van der Waals surface area contributed by atoms with E-state index in [4.69, 9.17) is 9.47 Å². The van der Waals surface area contributed by atoms with Crippen molar-refractivity contribution in [2.45, 2.75) is 71.1 Å². The van der Waals surface area contributed by atoms with Gasteiger partial charge < -0.3 is 20.1 Å². The molecule has 1 saturated carbocycles. The SMILES string of the molecule is COc1nc(NC2CCC(NC(=O)OC(C)(C)C)CC2)ncc1C. The minimum Gasteiger partial charge on any atom is -0.481 e. The zero-order chi connectivity index (χ0) is 17.7. The highest BCUT2D eigenvalue weighted by molar-refractivity contribution is 5.68. The summed E-state index contributed by atoms with van der Waals surface area (Å²) in [6, 6.07) is 0.459. The maximum Gasteiger partial charge on any atom is 0.407 e. The summed E-state index contributed by atoms with van der Waals surface area (Å²) in [6.45, 7) is 7.51. The molecule has 134 valence electrons. The van der Waals surface area contributed by atoms with Gasteiger partial charge in [-0.2, -0.15) is 4.98 Å². The van der Waals surface area contributed by atoms with Crippen LogP contribution in [0.3, 0.4) is 0 Å². The fourth-order valence-corrected chi connectivity index (χ4v) is 2.74. The molecule has 0 bridgehead atoms. The van der Waals surface area contributed by atoms with Crippen molar-refractivity contribution in [3.05, 3.63) is 11.8 Å². The van der Waals surface area contributed by atoms with Crippen LogP contribution in [0.4, 0.5) is 10.7 Å². The largest absolute Gasteiger partial charge is 0.481 e. The van der Waals surface area contributed by atoms with Crippen molar-refractivity contribution in [1.82, 2.24) is 15.3 Å². The van der Waals surface area contributed by atoms with Crippen molar-refractivity contribution < 1.29 is 14.3 Å². The van der Waals surface area contributed by atoms with Crippen LogP contribution in [-0.2, 0) is 4.74 Å². The second-order valence-corrected chi connectivity index (χ2v) is 7.23. The number of ether oxygens (including phenoxy) is 2. The second kappa shape index (κ2) is 7.68. The molecule has 1 aromatic heterocycles. The van der Waals surface area contributed by atoms with E-state index in [1.54, 1.807) is 13.3 Å². The van der Waals surface area contributed by atoms with Crippen molar-refractivity contribution in [2.24, 2.45) is 0 Å². The van der Waals surface area contributed by atoms with E-state index in [1.165, 1.54) is 0 Å². The number of alkyl carbamates (subject to hydrolysis) is 1. The maximum atomic E-state index is 11.8. The lowest BCUT2D eigenvalue weighted by Crippen LogP contribution is -2.42. The molecule has 0 spiro atoms. The molecule has 2 rings (SSSR count). The Labute approximate surface area is 143 Å². The zero-order valence-electron chi connectivity index (χ0n) is 15.2. The highest BCUT2D eigenvalue weighted by Gasteiger charge is 2.25. The van der Waals surface area contributed by atoms with Crippen LogP contribution in [-0.4, -0.2) is 40.9 Å². The van der Waals surface area contributed by atoms with Crippen LogP contribution in [0.2, 0.25) is 0 Å². The summed E-state index contributed by atoms with van der Waals surface area (Å²) in [5.74, 6) is 1.17. The summed E-state index contributed by atoms with van der Waals surface area (Å²) in [5, 5.41) is 6.29. The van der Waals surface area contributed by atoms with E-state index in [0.717, 1.165) is 31.2 Å². The molecular formula is C17H28N4O3. The summed E-state index contributed by atoms with van der Waals surface area (Å²) in [7, 11) is 1.60. The molecule has 0 aliphatic heterocycles. The van der Waals surface area contributed by atoms with Crippen LogP contribution in [0.1, 0.15) is 52.0 Å². The Morgan fingerprint density at radius 2 is 1.83 bits per heavy atom. The number of carbonyl (C=O) groups is 1. The van der Waals surface area contributed by atoms with Gasteiger partial charge in [-0.25, -0.2) is 9.78 Å². The quantitative estimate of drug-likeness (QED) is 0.879. The lowest BCUT2D eigenvalue weighted by atomic mass is 9.91. The normalized spacial score (nSPS) is 21.0. The van der Waals surface area contributed by atoms with Crippen molar-refractivity contribution >= 4 is 12.0 Å². The van der Waals surface area contributed by atoms with Gasteiger partial charge in [-0.05, 0) is 53.4 Å². The Balaban J connectivity index is 1.79. The highest BCUT2D eigenvalue weighted by atomic mass is 16.6. The smallest absolute Gasteiger partial charge is 0.407 e. The minimum absolute atomic E-state index is 0.159. The van der Waals surface area contributed by atoms with Gasteiger partial charge in [-0.3, -0.25) is 0 Å². The monoisotopic (exact) mass is 336 g/mol. The molecule has 1 aromatic rings. The summed E-state index contributed by atoms with van der Waals surface area (Å²) in [4.78, 5) is 20.5. The van der Waals surface area contributed by atoms with Gasteiger partial charge in [0.25, 0.3) is 0 Å². The summed E-state index contributed by atoms with van der Waals surface area (Å²) in [6.07, 6.45) is 5.11. The molecule has 24 heavy (non-hydrogen) atoms. The number of hydrogen-bond donors (Lipinski definition) is 2. The van der Waals surface area contributed by atoms with E-state index < -0.39 is 5.60 Å². The number of methoxy groups -OCH3 is 1. The van der Waals surface area contributed by atoms with Crippen LogP contribution in [0, 0.1) is 6.92 Å². The van der Waals surface area contributed by atoms with Crippen molar-refractivity contribution in [1.29, 1.82) is 0 Å². The van der Waals surface area contributed by atoms with Crippen LogP contribution in [0.5, 0.6) is 5.88 Å². The second-order valence-electron chi connectivity index (χ2n) is 7.23. The van der Waals surface area contributed by atoms with Gasteiger partial charge in [-0.15, -0.1) is 0 Å². The number of aromatic nitrogens is 2. The lowest BCUT2D eigenvalue weighted by molar-refractivity contribution is 0.0492. The fourth-order valence-electron chi connectivity index (χ4n) is 2.74. The van der Waals surface area contributed by atoms with Gasteiger partial charge in [0.1, 0.15) is 5.60 Å². The van der Waals surface area contributed by atoms with E-state index in [1.807, 2.05) is 27.7 Å². The molecule has 0 saturated heterocycles. The third-order valence-electron chi connectivity index (χ3n) is 3.90. The lowest BCUT2D eigenvalue weighted by Gasteiger charge is -2.30. The standard InChI is InChI=1S/C17H28N4O3/c1-11-10-18-15(21-14(11)23-5)19-12-6-8-13(9-7-12)20-16(22)24-17(2,3)4/h10,12-13H,6-9H2,1-5H3,(H,20,22)(H,18,19,21). The van der Waals surface area contributed by atoms with Gasteiger partial charge in [0.05, 0.1) is 7.11 Å². The van der Waals surface area contributed by atoms with Crippen LogP contribution >= 0.6 is 0 Å². The number of amides is 1. The first kappa shape index (κ1) is 18.3.